The topological polar surface area (TPSA) is 81.8 Å². The van der Waals surface area contributed by atoms with Gasteiger partial charge in [-0.25, -0.2) is 4.79 Å². The molecule has 7 nitrogen and oxygen atoms in total. The Labute approximate surface area is 105 Å². The van der Waals surface area contributed by atoms with Gasteiger partial charge in [0.2, 0.25) is 5.91 Å². The van der Waals surface area contributed by atoms with Gasteiger partial charge in [-0.2, -0.15) is 0 Å². The van der Waals surface area contributed by atoms with Crippen LogP contribution in [0.2, 0.25) is 0 Å². The van der Waals surface area contributed by atoms with E-state index >= 15 is 0 Å². The fraction of sp³-hybridized carbons (Fsp3) is 0.727. The lowest BCUT2D eigenvalue weighted by Gasteiger charge is -2.43. The highest BCUT2D eigenvalue weighted by Crippen LogP contribution is 2.20. The van der Waals surface area contributed by atoms with E-state index in [4.69, 9.17) is 0 Å². The average Bonchev–Trinajstić information content (AvgIpc) is 2.34. The van der Waals surface area contributed by atoms with Crippen LogP contribution in [0.15, 0.2) is 0 Å². The minimum Gasteiger partial charge on any atom is -0.322 e. The van der Waals surface area contributed by atoms with Gasteiger partial charge >= 0.3 is 6.03 Å². The monoisotopic (exact) mass is 254 g/mol. The van der Waals surface area contributed by atoms with Crippen LogP contribution in [0.3, 0.4) is 0 Å². The summed E-state index contributed by atoms with van der Waals surface area (Å²) >= 11 is 0. The van der Waals surface area contributed by atoms with Crippen LogP contribution in [0.5, 0.6) is 0 Å². The predicted molar refractivity (Wildman–Crippen MR) is 63.8 cm³/mol. The Balaban J connectivity index is 2.16. The predicted octanol–water partition coefficient (Wildman–Crippen LogP) is -1.25. The summed E-state index contributed by atoms with van der Waals surface area (Å²) in [5, 5.41) is 5.41. The second-order valence-corrected chi connectivity index (χ2v) is 5.04. The quantitative estimate of drug-likeness (QED) is 0.529. The van der Waals surface area contributed by atoms with Gasteiger partial charge in [-0.05, 0) is 13.8 Å². The summed E-state index contributed by atoms with van der Waals surface area (Å²) in [5.74, 6) is -0.856. The number of carbonyl (C=O) groups excluding carboxylic acids is 3. The first kappa shape index (κ1) is 12.8. The molecule has 0 aromatic rings. The van der Waals surface area contributed by atoms with E-state index in [9.17, 15) is 14.4 Å². The molecule has 0 bridgehead atoms. The molecule has 0 aliphatic carbocycles. The largest absolute Gasteiger partial charge is 0.322 e. The first-order valence-corrected chi connectivity index (χ1v) is 6.04. The Kier molecular flexibility index (Phi) is 3.25. The third-order valence-electron chi connectivity index (χ3n) is 3.40. The third kappa shape index (κ3) is 2.17. The minimum absolute atomic E-state index is 0.0680. The molecule has 7 heteroatoms. The zero-order valence-corrected chi connectivity index (χ0v) is 10.7. The van der Waals surface area contributed by atoms with Crippen molar-refractivity contribution < 1.29 is 14.4 Å². The molecular formula is C11H18N4O3. The number of hydrogen-bond donors (Lipinski definition) is 2. The van der Waals surface area contributed by atoms with Crippen molar-refractivity contribution in [2.24, 2.45) is 0 Å². The smallest absolute Gasteiger partial charge is 0.321 e. The maximum absolute atomic E-state index is 12.4. The second-order valence-electron chi connectivity index (χ2n) is 5.04. The first-order valence-electron chi connectivity index (χ1n) is 6.04. The highest BCUT2D eigenvalue weighted by Gasteiger charge is 2.44. The van der Waals surface area contributed by atoms with E-state index < -0.39 is 17.4 Å². The van der Waals surface area contributed by atoms with Crippen LogP contribution in [0, 0.1) is 0 Å². The number of rotatable bonds is 0. The Morgan fingerprint density at radius 1 is 1.22 bits per heavy atom. The lowest BCUT2D eigenvalue weighted by molar-refractivity contribution is -0.143. The summed E-state index contributed by atoms with van der Waals surface area (Å²) in [6, 6.07) is -0.246. The number of carbonyl (C=O) groups is 3. The summed E-state index contributed by atoms with van der Waals surface area (Å²) < 4.78 is 0. The van der Waals surface area contributed by atoms with Gasteiger partial charge < -0.3 is 15.1 Å². The molecule has 2 N–H and O–H groups in total. The molecule has 100 valence electrons. The lowest BCUT2D eigenvalue weighted by Crippen LogP contribution is -2.68. The molecule has 2 saturated heterocycles. The zero-order chi connectivity index (χ0) is 13.3. The van der Waals surface area contributed by atoms with Crippen LogP contribution in [0.4, 0.5) is 4.79 Å². The number of piperazine rings is 2. The first-order chi connectivity index (χ1) is 8.43. The van der Waals surface area contributed by atoms with E-state index in [1.54, 1.807) is 18.7 Å². The van der Waals surface area contributed by atoms with Gasteiger partial charge in [0.25, 0.3) is 5.91 Å². The fourth-order valence-electron chi connectivity index (χ4n) is 2.12. The molecule has 2 fully saturated rings. The third-order valence-corrected chi connectivity index (χ3v) is 3.40. The van der Waals surface area contributed by atoms with Crippen LogP contribution in [-0.2, 0) is 9.59 Å². The number of imide groups is 1. The van der Waals surface area contributed by atoms with E-state index in [0.29, 0.717) is 13.1 Å². The van der Waals surface area contributed by atoms with Gasteiger partial charge in [0.15, 0.2) is 0 Å². The molecule has 0 aromatic carbocycles. The molecule has 0 spiro atoms. The molecule has 2 aliphatic heterocycles. The lowest BCUT2D eigenvalue weighted by atomic mass is 9.99. The van der Waals surface area contributed by atoms with Crippen molar-refractivity contribution in [3.8, 4) is 0 Å². The van der Waals surface area contributed by atoms with Gasteiger partial charge in [0, 0.05) is 26.2 Å². The molecule has 0 unspecified atom stereocenters. The van der Waals surface area contributed by atoms with Gasteiger partial charge in [0.05, 0.1) is 0 Å². The number of hydrogen-bond acceptors (Lipinski definition) is 4. The highest BCUT2D eigenvalue weighted by atomic mass is 16.2. The molecule has 2 rings (SSSR count). The zero-order valence-electron chi connectivity index (χ0n) is 10.7. The second kappa shape index (κ2) is 4.56. The van der Waals surface area contributed by atoms with Crippen molar-refractivity contribution in [1.29, 1.82) is 0 Å². The Morgan fingerprint density at radius 2 is 1.83 bits per heavy atom. The molecule has 0 aromatic heterocycles. The summed E-state index contributed by atoms with van der Waals surface area (Å²) in [5.41, 5.74) is -0.990. The molecule has 4 amide bonds. The van der Waals surface area contributed by atoms with Gasteiger partial charge in [-0.3, -0.25) is 14.9 Å². The minimum atomic E-state index is -0.990. The summed E-state index contributed by atoms with van der Waals surface area (Å²) in [4.78, 5) is 38.5. The van der Waals surface area contributed by atoms with Crippen LogP contribution in [0.1, 0.15) is 13.8 Å². The summed E-state index contributed by atoms with van der Waals surface area (Å²) in [7, 11) is 0. The van der Waals surface area contributed by atoms with Crippen molar-refractivity contribution >= 4 is 17.8 Å². The summed E-state index contributed by atoms with van der Waals surface area (Å²) in [6.45, 7) is 5.90. The van der Waals surface area contributed by atoms with Crippen molar-refractivity contribution in [1.82, 2.24) is 20.4 Å². The molecule has 18 heavy (non-hydrogen) atoms. The highest BCUT2D eigenvalue weighted by molar-refractivity contribution is 6.05. The van der Waals surface area contributed by atoms with Crippen LogP contribution >= 0.6 is 0 Å². The number of nitrogens with zero attached hydrogens (tertiary/aromatic N) is 2. The van der Waals surface area contributed by atoms with E-state index in [2.05, 4.69) is 10.6 Å². The molecule has 2 aliphatic rings. The van der Waals surface area contributed by atoms with Crippen molar-refractivity contribution in [3.05, 3.63) is 0 Å². The molecule has 0 saturated carbocycles. The van der Waals surface area contributed by atoms with Crippen LogP contribution < -0.4 is 10.6 Å². The van der Waals surface area contributed by atoms with Gasteiger partial charge in [-0.1, -0.05) is 0 Å². The maximum Gasteiger partial charge on any atom is 0.321 e. The Hall–Kier alpha value is -1.63. The van der Waals surface area contributed by atoms with E-state index in [1.807, 2.05) is 0 Å². The Bertz CT molecular complexity index is 388. The van der Waals surface area contributed by atoms with Gasteiger partial charge in [0.1, 0.15) is 12.1 Å². The SMILES string of the molecule is CC1(C)C(=O)NC(=O)CN1C(=O)N1CCNCC1. The van der Waals surface area contributed by atoms with Crippen LogP contribution in [0.25, 0.3) is 0 Å². The normalized spacial score (nSPS) is 23.9. The average molecular weight is 254 g/mol. The van der Waals surface area contributed by atoms with E-state index in [0.717, 1.165) is 13.1 Å². The molecule has 2 heterocycles. The maximum atomic E-state index is 12.4. The molecule has 0 radical (unpaired) electrons. The molecular weight excluding hydrogens is 236 g/mol. The Morgan fingerprint density at radius 3 is 2.44 bits per heavy atom. The van der Waals surface area contributed by atoms with E-state index in [-0.39, 0.29) is 12.6 Å². The van der Waals surface area contributed by atoms with Crippen molar-refractivity contribution in [2.75, 3.05) is 32.7 Å². The van der Waals surface area contributed by atoms with E-state index in [1.165, 1.54) is 4.90 Å². The number of amides is 4. The summed E-state index contributed by atoms with van der Waals surface area (Å²) in [6.07, 6.45) is 0. The van der Waals surface area contributed by atoms with Crippen molar-refractivity contribution in [2.45, 2.75) is 19.4 Å². The number of urea groups is 1. The van der Waals surface area contributed by atoms with Crippen molar-refractivity contribution in [3.63, 3.8) is 0 Å². The van der Waals surface area contributed by atoms with Gasteiger partial charge in [-0.15, -0.1) is 0 Å². The standard InChI is InChI=1S/C11H18N4O3/c1-11(2)9(17)13-8(16)7-15(11)10(18)14-5-3-12-4-6-14/h12H,3-7H2,1-2H3,(H,13,16,17). The molecule has 0 atom stereocenters. The van der Waals surface area contributed by atoms with Crippen LogP contribution in [-0.4, -0.2) is 65.9 Å². The number of nitrogens with one attached hydrogen (secondary N) is 2. The fourth-order valence-corrected chi connectivity index (χ4v) is 2.12.